The number of anilines is 1. The average Bonchev–Trinajstić information content (AvgIpc) is 3.13. The first-order chi connectivity index (χ1) is 12.5. The molecule has 9 nitrogen and oxygen atoms in total. The molecule has 0 amide bonds. The molecule has 0 aliphatic carbocycles. The van der Waals surface area contributed by atoms with Crippen LogP contribution in [0.2, 0.25) is 0 Å². The molecule has 2 N–H and O–H groups in total. The van der Waals surface area contributed by atoms with Crippen molar-refractivity contribution in [2.75, 3.05) is 5.73 Å². The van der Waals surface area contributed by atoms with Gasteiger partial charge in [-0.15, -0.1) is 10.2 Å². The molecule has 0 aliphatic rings. The van der Waals surface area contributed by atoms with Crippen molar-refractivity contribution >= 4 is 17.3 Å². The molecule has 3 aromatic rings. The molecule has 26 heavy (non-hydrogen) atoms. The number of nitro benzene ring substituents is 1. The largest absolute Gasteiger partial charge is 0.449 e. The number of nitro groups is 1. The SMILES string of the molecule is C[C@H](OC(=O)c1cc([N+](=O)[O-])ccc1N)c1nnc(-c2ccccc2)o1. The van der Waals surface area contributed by atoms with Crippen molar-refractivity contribution in [2.45, 2.75) is 13.0 Å². The van der Waals surface area contributed by atoms with E-state index in [1.165, 1.54) is 12.1 Å². The first kappa shape index (κ1) is 17.1. The van der Waals surface area contributed by atoms with Crippen molar-refractivity contribution in [3.8, 4) is 11.5 Å². The van der Waals surface area contributed by atoms with E-state index in [0.29, 0.717) is 5.89 Å². The van der Waals surface area contributed by atoms with Gasteiger partial charge in [-0.3, -0.25) is 10.1 Å². The average molecular weight is 354 g/mol. The smallest absolute Gasteiger partial charge is 0.341 e. The molecule has 0 spiro atoms. The fourth-order valence-corrected chi connectivity index (χ4v) is 2.21. The lowest BCUT2D eigenvalue weighted by Gasteiger charge is -2.10. The third kappa shape index (κ3) is 3.51. The molecule has 9 heteroatoms. The predicted octanol–water partition coefficient (Wildman–Crippen LogP) is 3.15. The van der Waals surface area contributed by atoms with E-state index in [2.05, 4.69) is 10.2 Å². The second kappa shape index (κ2) is 7.01. The Kier molecular flexibility index (Phi) is 4.61. The summed E-state index contributed by atoms with van der Waals surface area (Å²) in [7, 11) is 0. The molecule has 0 saturated carbocycles. The molecular weight excluding hydrogens is 340 g/mol. The Morgan fingerprint density at radius 1 is 1.23 bits per heavy atom. The van der Waals surface area contributed by atoms with Gasteiger partial charge in [-0.2, -0.15) is 0 Å². The number of benzene rings is 2. The summed E-state index contributed by atoms with van der Waals surface area (Å²) in [6, 6.07) is 12.7. The van der Waals surface area contributed by atoms with E-state index < -0.39 is 17.0 Å². The maximum atomic E-state index is 12.3. The number of rotatable bonds is 5. The van der Waals surface area contributed by atoms with Crippen LogP contribution in [-0.4, -0.2) is 21.1 Å². The Labute approximate surface area is 147 Å². The standard InChI is InChI=1S/C17H14N4O5/c1-10(15-19-20-16(26-15)11-5-3-2-4-6-11)25-17(22)13-9-12(21(23)24)7-8-14(13)18/h2-10H,18H2,1H3/t10-/m0/s1. The Morgan fingerprint density at radius 2 is 1.96 bits per heavy atom. The number of carbonyl (C=O) groups is 1. The summed E-state index contributed by atoms with van der Waals surface area (Å²) in [6.07, 6.45) is -0.855. The highest BCUT2D eigenvalue weighted by Gasteiger charge is 2.22. The van der Waals surface area contributed by atoms with Gasteiger partial charge in [0.15, 0.2) is 6.10 Å². The van der Waals surface area contributed by atoms with Crippen molar-refractivity contribution in [3.05, 3.63) is 70.1 Å². The van der Waals surface area contributed by atoms with E-state index in [9.17, 15) is 14.9 Å². The van der Waals surface area contributed by atoms with E-state index >= 15 is 0 Å². The summed E-state index contributed by atoms with van der Waals surface area (Å²) >= 11 is 0. The molecule has 0 unspecified atom stereocenters. The highest BCUT2D eigenvalue weighted by atomic mass is 16.6. The van der Waals surface area contributed by atoms with Gasteiger partial charge in [0, 0.05) is 23.4 Å². The summed E-state index contributed by atoms with van der Waals surface area (Å²) in [5.74, 6) is -0.433. The molecule has 3 rings (SSSR count). The van der Waals surface area contributed by atoms with Gasteiger partial charge in [-0.25, -0.2) is 4.79 Å². The van der Waals surface area contributed by atoms with E-state index in [-0.39, 0.29) is 22.8 Å². The highest BCUT2D eigenvalue weighted by molar-refractivity contribution is 5.95. The van der Waals surface area contributed by atoms with Crippen LogP contribution in [0.3, 0.4) is 0 Å². The Bertz CT molecular complexity index is 955. The van der Waals surface area contributed by atoms with Crippen molar-refractivity contribution < 1.29 is 18.9 Å². The van der Waals surface area contributed by atoms with Crippen LogP contribution in [0.5, 0.6) is 0 Å². The van der Waals surface area contributed by atoms with Gasteiger partial charge in [0.1, 0.15) is 0 Å². The number of nitrogen functional groups attached to an aromatic ring is 1. The zero-order chi connectivity index (χ0) is 18.7. The third-order valence-corrected chi connectivity index (χ3v) is 3.56. The lowest BCUT2D eigenvalue weighted by Crippen LogP contribution is -2.12. The maximum absolute atomic E-state index is 12.3. The molecule has 1 heterocycles. The van der Waals surface area contributed by atoms with Crippen molar-refractivity contribution in [1.29, 1.82) is 0 Å². The lowest BCUT2D eigenvalue weighted by atomic mass is 10.1. The normalized spacial score (nSPS) is 11.7. The number of carbonyl (C=O) groups excluding carboxylic acids is 1. The van der Waals surface area contributed by atoms with Crippen molar-refractivity contribution in [2.24, 2.45) is 0 Å². The topological polar surface area (TPSA) is 134 Å². The quantitative estimate of drug-likeness (QED) is 0.319. The van der Waals surface area contributed by atoms with Crippen LogP contribution < -0.4 is 5.73 Å². The summed E-state index contributed by atoms with van der Waals surface area (Å²) in [4.78, 5) is 22.5. The van der Waals surface area contributed by atoms with Crippen LogP contribution in [0, 0.1) is 10.1 Å². The number of hydrogen-bond acceptors (Lipinski definition) is 8. The molecule has 0 aliphatic heterocycles. The van der Waals surface area contributed by atoms with E-state index in [1.807, 2.05) is 18.2 Å². The van der Waals surface area contributed by atoms with Crippen LogP contribution in [0.4, 0.5) is 11.4 Å². The lowest BCUT2D eigenvalue weighted by molar-refractivity contribution is -0.384. The van der Waals surface area contributed by atoms with Crippen LogP contribution >= 0.6 is 0 Å². The second-order valence-corrected chi connectivity index (χ2v) is 5.39. The summed E-state index contributed by atoms with van der Waals surface area (Å²) in [5, 5.41) is 18.6. The van der Waals surface area contributed by atoms with Crippen LogP contribution in [0.25, 0.3) is 11.5 Å². The zero-order valence-corrected chi connectivity index (χ0v) is 13.7. The van der Waals surface area contributed by atoms with Crippen LogP contribution in [0.1, 0.15) is 29.3 Å². The van der Waals surface area contributed by atoms with Gasteiger partial charge in [0.25, 0.3) is 11.6 Å². The Morgan fingerprint density at radius 3 is 2.65 bits per heavy atom. The molecule has 132 valence electrons. The first-order valence-electron chi connectivity index (χ1n) is 7.59. The monoisotopic (exact) mass is 354 g/mol. The summed E-state index contributed by atoms with van der Waals surface area (Å²) in [6.45, 7) is 1.55. The summed E-state index contributed by atoms with van der Waals surface area (Å²) < 4.78 is 10.8. The minimum Gasteiger partial charge on any atom is -0.449 e. The zero-order valence-electron chi connectivity index (χ0n) is 13.7. The molecule has 1 atom stereocenters. The molecule has 2 aromatic carbocycles. The Hall–Kier alpha value is -3.75. The molecular formula is C17H14N4O5. The van der Waals surface area contributed by atoms with E-state index in [0.717, 1.165) is 11.6 Å². The molecule has 0 saturated heterocycles. The number of nitrogens with zero attached hydrogens (tertiary/aromatic N) is 3. The highest BCUT2D eigenvalue weighted by Crippen LogP contribution is 2.25. The van der Waals surface area contributed by atoms with Gasteiger partial charge < -0.3 is 14.9 Å². The maximum Gasteiger partial charge on any atom is 0.341 e. The minimum absolute atomic E-state index is 0.0725. The Balaban J connectivity index is 1.77. The molecule has 1 aromatic heterocycles. The van der Waals surface area contributed by atoms with Gasteiger partial charge >= 0.3 is 5.97 Å². The predicted molar refractivity (Wildman–Crippen MR) is 91.1 cm³/mol. The number of non-ortho nitro benzene ring substituents is 1. The minimum atomic E-state index is -0.855. The van der Waals surface area contributed by atoms with Crippen LogP contribution in [0.15, 0.2) is 52.9 Å². The molecule has 0 radical (unpaired) electrons. The van der Waals surface area contributed by atoms with E-state index in [1.54, 1.807) is 19.1 Å². The van der Waals surface area contributed by atoms with Crippen molar-refractivity contribution in [1.82, 2.24) is 10.2 Å². The fourth-order valence-electron chi connectivity index (χ4n) is 2.21. The van der Waals surface area contributed by atoms with Gasteiger partial charge in [-0.1, -0.05) is 18.2 Å². The second-order valence-electron chi connectivity index (χ2n) is 5.39. The third-order valence-electron chi connectivity index (χ3n) is 3.56. The summed E-state index contributed by atoms with van der Waals surface area (Å²) in [5.41, 5.74) is 6.15. The van der Waals surface area contributed by atoms with Gasteiger partial charge in [0.05, 0.1) is 10.5 Å². The number of hydrogen-bond donors (Lipinski definition) is 1. The number of nitrogens with two attached hydrogens (primary N) is 1. The number of ether oxygens (including phenoxy) is 1. The van der Waals surface area contributed by atoms with Gasteiger partial charge in [0.2, 0.25) is 5.89 Å². The van der Waals surface area contributed by atoms with Crippen LogP contribution in [-0.2, 0) is 4.74 Å². The number of aromatic nitrogens is 2. The fraction of sp³-hybridized carbons (Fsp3) is 0.118. The van der Waals surface area contributed by atoms with Gasteiger partial charge in [-0.05, 0) is 25.1 Å². The molecule has 0 bridgehead atoms. The number of esters is 1. The van der Waals surface area contributed by atoms with E-state index in [4.69, 9.17) is 14.9 Å². The first-order valence-corrected chi connectivity index (χ1v) is 7.59. The van der Waals surface area contributed by atoms with Crippen molar-refractivity contribution in [3.63, 3.8) is 0 Å². The molecule has 0 fully saturated rings.